The van der Waals surface area contributed by atoms with E-state index in [0.29, 0.717) is 4.90 Å². The highest BCUT2D eigenvalue weighted by Crippen LogP contribution is 2.29. The van der Waals surface area contributed by atoms with Crippen molar-refractivity contribution >= 4 is 24.3 Å². The number of hydrogen-bond acceptors (Lipinski definition) is 3. The molecule has 22 heavy (non-hydrogen) atoms. The van der Waals surface area contributed by atoms with Crippen molar-refractivity contribution < 1.29 is 32.0 Å². The summed E-state index contributed by atoms with van der Waals surface area (Å²) >= 11 is 0.799. The quantitative estimate of drug-likeness (QED) is 0.297. The summed E-state index contributed by atoms with van der Waals surface area (Å²) in [7, 11) is -1.73. The van der Waals surface area contributed by atoms with Gasteiger partial charge < -0.3 is 10.0 Å². The van der Waals surface area contributed by atoms with Gasteiger partial charge >= 0.3 is 7.12 Å². The van der Waals surface area contributed by atoms with Crippen LogP contribution in [0.25, 0.3) is 0 Å². The second-order valence-corrected chi connectivity index (χ2v) is 5.33. The van der Waals surface area contributed by atoms with E-state index in [1.54, 1.807) is 0 Å². The van der Waals surface area contributed by atoms with Crippen LogP contribution in [-0.4, -0.2) is 17.2 Å². The Labute approximate surface area is 126 Å². The highest BCUT2D eigenvalue weighted by atomic mass is 32.2. The van der Waals surface area contributed by atoms with Crippen molar-refractivity contribution in [2.24, 2.45) is 0 Å². The van der Waals surface area contributed by atoms with E-state index in [-0.39, 0.29) is 5.46 Å². The molecule has 0 saturated heterocycles. The first-order valence-electron chi connectivity index (χ1n) is 5.92. The van der Waals surface area contributed by atoms with Gasteiger partial charge in [-0.3, -0.25) is 0 Å². The molecule has 0 fully saturated rings. The van der Waals surface area contributed by atoms with Crippen LogP contribution in [0.4, 0.5) is 22.0 Å². The number of benzene rings is 2. The maximum Gasteiger partial charge on any atom is 0.488 e. The van der Waals surface area contributed by atoms with Crippen molar-refractivity contribution in [2.75, 3.05) is 0 Å². The van der Waals surface area contributed by atoms with Crippen LogP contribution in [-0.2, 0) is 5.75 Å². The molecular weight excluding hydrogens is 326 g/mol. The van der Waals surface area contributed by atoms with Gasteiger partial charge in [-0.15, -0.1) is 11.8 Å². The van der Waals surface area contributed by atoms with E-state index in [2.05, 4.69) is 0 Å². The fourth-order valence-electron chi connectivity index (χ4n) is 1.70. The van der Waals surface area contributed by atoms with Crippen molar-refractivity contribution in [3.05, 3.63) is 58.9 Å². The minimum absolute atomic E-state index is 0.141. The Morgan fingerprint density at radius 1 is 0.864 bits per heavy atom. The Bertz CT molecular complexity index is 682. The minimum Gasteiger partial charge on any atom is -0.423 e. The lowest BCUT2D eigenvalue weighted by molar-refractivity contribution is 0.372. The van der Waals surface area contributed by atoms with Crippen molar-refractivity contribution in [1.82, 2.24) is 0 Å². The molecule has 2 aromatic carbocycles. The van der Waals surface area contributed by atoms with Crippen molar-refractivity contribution in [2.45, 2.75) is 10.6 Å². The lowest BCUT2D eigenvalue weighted by Crippen LogP contribution is -2.29. The van der Waals surface area contributed by atoms with Gasteiger partial charge in [0.1, 0.15) is 0 Å². The Morgan fingerprint density at radius 3 is 1.95 bits per heavy atom. The smallest absolute Gasteiger partial charge is 0.423 e. The number of rotatable bonds is 4. The van der Waals surface area contributed by atoms with Crippen LogP contribution in [0.15, 0.2) is 29.2 Å². The molecule has 0 spiro atoms. The predicted octanol–water partition coefficient (Wildman–Crippen LogP) is 2.35. The SMILES string of the molecule is OB(O)c1cccc(SCc2c(F)c(F)c(F)c(F)c2F)c1. The first kappa shape index (κ1) is 16.8. The summed E-state index contributed by atoms with van der Waals surface area (Å²) in [5.74, 6) is -10.4. The number of halogens is 5. The van der Waals surface area contributed by atoms with Crippen molar-refractivity contribution in [3.8, 4) is 0 Å². The van der Waals surface area contributed by atoms with E-state index in [9.17, 15) is 22.0 Å². The average molecular weight is 334 g/mol. The second-order valence-electron chi connectivity index (χ2n) is 4.28. The third-order valence-corrected chi connectivity index (χ3v) is 3.86. The van der Waals surface area contributed by atoms with Crippen LogP contribution in [0.3, 0.4) is 0 Å². The molecule has 0 bridgehead atoms. The largest absolute Gasteiger partial charge is 0.488 e. The summed E-state index contributed by atoms with van der Waals surface area (Å²) in [6.07, 6.45) is 0. The topological polar surface area (TPSA) is 40.5 Å². The Balaban J connectivity index is 2.28. The average Bonchev–Trinajstić information content (AvgIpc) is 2.51. The second kappa shape index (κ2) is 6.68. The molecule has 2 rings (SSSR count). The molecule has 2 aromatic rings. The van der Waals surface area contributed by atoms with Crippen LogP contribution in [0.1, 0.15) is 5.56 Å². The van der Waals surface area contributed by atoms with Crippen molar-refractivity contribution in [1.29, 1.82) is 0 Å². The lowest BCUT2D eigenvalue weighted by atomic mass is 9.80. The Kier molecular flexibility index (Phi) is 5.10. The summed E-state index contributed by atoms with van der Waals surface area (Å²) in [4.78, 5) is 0.384. The number of thioether (sulfide) groups is 1. The summed E-state index contributed by atoms with van der Waals surface area (Å²) in [5, 5.41) is 18.0. The fraction of sp³-hybridized carbons (Fsp3) is 0.0769. The molecule has 2 N–H and O–H groups in total. The Morgan fingerprint density at radius 2 is 1.41 bits per heavy atom. The summed E-state index contributed by atoms with van der Waals surface area (Å²) < 4.78 is 66.0. The molecule has 0 atom stereocenters. The zero-order chi connectivity index (χ0) is 16.4. The zero-order valence-electron chi connectivity index (χ0n) is 10.8. The standard InChI is InChI=1S/C13H8BF5O2S/c15-9-8(10(16)12(18)13(19)11(9)17)5-22-7-3-1-2-6(4-7)14(20)21/h1-4,20-21H,5H2. The molecule has 2 nitrogen and oxygen atoms in total. The highest BCUT2D eigenvalue weighted by molar-refractivity contribution is 7.98. The van der Waals surface area contributed by atoms with Gasteiger partial charge in [-0.1, -0.05) is 12.1 Å². The first-order valence-corrected chi connectivity index (χ1v) is 6.90. The summed E-state index contributed by atoms with van der Waals surface area (Å²) in [6.45, 7) is 0. The van der Waals surface area contributed by atoms with E-state index in [1.165, 1.54) is 24.3 Å². The van der Waals surface area contributed by atoms with Gasteiger partial charge in [0.05, 0.1) is 0 Å². The third kappa shape index (κ3) is 3.26. The molecule has 0 heterocycles. The van der Waals surface area contributed by atoms with Gasteiger partial charge in [0.2, 0.25) is 5.82 Å². The van der Waals surface area contributed by atoms with E-state index >= 15 is 0 Å². The first-order chi connectivity index (χ1) is 10.3. The number of hydrogen-bond donors (Lipinski definition) is 2. The van der Waals surface area contributed by atoms with Crippen LogP contribution >= 0.6 is 11.8 Å². The van der Waals surface area contributed by atoms with E-state index in [0.717, 1.165) is 11.8 Å². The van der Waals surface area contributed by atoms with Crippen LogP contribution in [0.2, 0.25) is 0 Å². The van der Waals surface area contributed by atoms with Crippen LogP contribution in [0, 0.1) is 29.1 Å². The van der Waals surface area contributed by atoms with E-state index in [1.807, 2.05) is 0 Å². The molecule has 0 aliphatic rings. The summed E-state index contributed by atoms with van der Waals surface area (Å²) in [5.41, 5.74) is -0.793. The van der Waals surface area contributed by atoms with Gasteiger partial charge in [-0.2, -0.15) is 0 Å². The molecule has 0 unspecified atom stereocenters. The van der Waals surface area contributed by atoms with Gasteiger partial charge in [0.15, 0.2) is 23.3 Å². The van der Waals surface area contributed by atoms with Gasteiger partial charge in [-0.25, -0.2) is 22.0 Å². The molecule has 0 aromatic heterocycles. The predicted molar refractivity (Wildman–Crippen MR) is 72.1 cm³/mol. The van der Waals surface area contributed by atoms with Crippen LogP contribution < -0.4 is 5.46 Å². The molecule has 116 valence electrons. The minimum atomic E-state index is -2.20. The maximum atomic E-state index is 13.5. The molecule has 0 aliphatic carbocycles. The van der Waals surface area contributed by atoms with Crippen molar-refractivity contribution in [3.63, 3.8) is 0 Å². The third-order valence-electron chi connectivity index (χ3n) is 2.84. The van der Waals surface area contributed by atoms with E-state index in [4.69, 9.17) is 10.0 Å². The fourth-order valence-corrected chi connectivity index (χ4v) is 2.66. The maximum absolute atomic E-state index is 13.5. The van der Waals surface area contributed by atoms with E-state index < -0.39 is 47.5 Å². The normalized spacial score (nSPS) is 10.9. The molecule has 9 heteroatoms. The summed E-state index contributed by atoms with van der Waals surface area (Å²) in [6, 6.07) is 5.72. The van der Waals surface area contributed by atoms with Gasteiger partial charge in [0.25, 0.3) is 0 Å². The zero-order valence-corrected chi connectivity index (χ0v) is 11.6. The highest BCUT2D eigenvalue weighted by Gasteiger charge is 2.25. The monoisotopic (exact) mass is 334 g/mol. The molecule has 0 amide bonds. The van der Waals surface area contributed by atoms with Gasteiger partial charge in [0, 0.05) is 16.2 Å². The molecule has 0 aliphatic heterocycles. The van der Waals surface area contributed by atoms with Gasteiger partial charge in [-0.05, 0) is 17.6 Å². The van der Waals surface area contributed by atoms with Crippen LogP contribution in [0.5, 0.6) is 0 Å². The molecular formula is C13H8BF5O2S. The molecule has 0 saturated carbocycles. The Hall–Kier alpha value is -1.58. The molecule has 0 radical (unpaired) electrons. The lowest BCUT2D eigenvalue weighted by Gasteiger charge is -2.09.